The maximum absolute atomic E-state index is 12.7. The Morgan fingerprint density at radius 2 is 2.15 bits per heavy atom. The van der Waals surface area contributed by atoms with E-state index in [4.69, 9.17) is 9.26 Å². The molecule has 0 spiro atoms. The number of thiophene rings is 1. The van der Waals surface area contributed by atoms with E-state index in [9.17, 15) is 4.79 Å². The van der Waals surface area contributed by atoms with Gasteiger partial charge in [-0.05, 0) is 36.4 Å². The van der Waals surface area contributed by atoms with Crippen LogP contribution in [0.15, 0.2) is 52.4 Å². The molecule has 1 aliphatic rings. The molecule has 3 heterocycles. The van der Waals surface area contributed by atoms with Gasteiger partial charge in [-0.1, -0.05) is 36.3 Å². The molecule has 1 amide bonds. The highest BCUT2D eigenvalue weighted by Gasteiger charge is 2.38. The monoisotopic (exact) mass is 383 g/mol. The molecule has 1 unspecified atom stereocenters. The quantitative estimate of drug-likeness (QED) is 0.668. The molecule has 7 heteroatoms. The van der Waals surface area contributed by atoms with Crippen molar-refractivity contribution in [3.63, 3.8) is 0 Å². The summed E-state index contributed by atoms with van der Waals surface area (Å²) in [4.78, 5) is 19.9. The predicted octanol–water partition coefficient (Wildman–Crippen LogP) is 3.90. The first-order valence-corrected chi connectivity index (χ1v) is 9.86. The average Bonchev–Trinajstić information content (AvgIpc) is 3.39. The summed E-state index contributed by atoms with van der Waals surface area (Å²) in [6.07, 6.45) is 1.83. The van der Waals surface area contributed by atoms with E-state index in [2.05, 4.69) is 17.1 Å². The lowest BCUT2D eigenvalue weighted by molar-refractivity contribution is 0.0647. The Bertz CT molecular complexity index is 894. The van der Waals surface area contributed by atoms with Crippen LogP contribution < -0.4 is 4.74 Å². The Balaban J connectivity index is 1.44. The van der Waals surface area contributed by atoms with Crippen LogP contribution in [0.4, 0.5) is 0 Å². The third-order valence-electron chi connectivity index (χ3n) is 4.83. The maximum atomic E-state index is 12.7. The molecule has 0 N–H and O–H groups in total. The molecule has 2 aromatic heterocycles. The molecule has 1 aliphatic heterocycles. The number of aromatic nitrogens is 2. The minimum atomic E-state index is -0.320. The summed E-state index contributed by atoms with van der Waals surface area (Å²) in [6.45, 7) is 3.66. The minimum Gasteiger partial charge on any atom is -0.484 e. The van der Waals surface area contributed by atoms with Gasteiger partial charge in [0.05, 0.1) is 4.88 Å². The van der Waals surface area contributed by atoms with Crippen LogP contribution in [0.3, 0.4) is 0 Å². The number of para-hydroxylation sites is 1. The van der Waals surface area contributed by atoms with Gasteiger partial charge in [0, 0.05) is 18.5 Å². The van der Waals surface area contributed by atoms with Crippen molar-refractivity contribution in [2.45, 2.75) is 31.8 Å². The molecule has 1 fully saturated rings. The lowest BCUT2D eigenvalue weighted by Crippen LogP contribution is -2.47. The number of piperidine rings is 1. The Morgan fingerprint density at radius 1 is 1.30 bits per heavy atom. The first-order valence-electron chi connectivity index (χ1n) is 8.98. The van der Waals surface area contributed by atoms with Crippen molar-refractivity contribution in [3.05, 3.63) is 64.4 Å². The number of carbonyl (C=O) groups excluding carboxylic acids is 1. The Kier molecular flexibility index (Phi) is 4.94. The maximum Gasteiger partial charge on any atom is 0.264 e. The molecule has 0 radical (unpaired) electrons. The summed E-state index contributed by atoms with van der Waals surface area (Å²) >= 11 is 1.47. The smallest absolute Gasteiger partial charge is 0.264 e. The van der Waals surface area contributed by atoms with Gasteiger partial charge in [-0.25, -0.2) is 0 Å². The molecule has 3 aromatic rings. The number of benzene rings is 1. The van der Waals surface area contributed by atoms with Crippen LogP contribution in [0.5, 0.6) is 5.75 Å². The number of ether oxygens (including phenoxy) is 1. The van der Waals surface area contributed by atoms with Gasteiger partial charge in [-0.3, -0.25) is 4.79 Å². The third-order valence-corrected chi connectivity index (χ3v) is 5.69. The standard InChI is InChI=1S/C20H21N3O3S/c1-20(10-6-11-23(14-20)18(24)16-9-5-12-27-16)19-21-17(26-22-19)13-25-15-7-3-2-4-8-15/h2-5,7-9,12H,6,10-11,13-14H2,1H3. The van der Waals surface area contributed by atoms with Crippen LogP contribution in [-0.4, -0.2) is 34.0 Å². The van der Waals surface area contributed by atoms with Gasteiger partial charge in [0.25, 0.3) is 11.8 Å². The topological polar surface area (TPSA) is 68.5 Å². The van der Waals surface area contributed by atoms with Crippen molar-refractivity contribution in [2.24, 2.45) is 0 Å². The molecule has 140 valence electrons. The number of nitrogens with zero attached hydrogens (tertiary/aromatic N) is 3. The lowest BCUT2D eigenvalue weighted by Gasteiger charge is -2.38. The van der Waals surface area contributed by atoms with Crippen molar-refractivity contribution >= 4 is 17.2 Å². The first kappa shape index (κ1) is 17.7. The van der Waals surface area contributed by atoms with Crippen molar-refractivity contribution in [1.29, 1.82) is 0 Å². The highest BCUT2D eigenvalue weighted by atomic mass is 32.1. The molecule has 1 aromatic carbocycles. The molecule has 0 aliphatic carbocycles. The van der Waals surface area contributed by atoms with Gasteiger partial charge < -0.3 is 14.2 Å². The highest BCUT2D eigenvalue weighted by Crippen LogP contribution is 2.33. The van der Waals surface area contributed by atoms with Gasteiger partial charge in [-0.15, -0.1) is 11.3 Å². The highest BCUT2D eigenvalue weighted by molar-refractivity contribution is 7.12. The van der Waals surface area contributed by atoms with E-state index in [1.54, 1.807) is 0 Å². The zero-order valence-corrected chi connectivity index (χ0v) is 15.9. The molecule has 27 heavy (non-hydrogen) atoms. The molecule has 1 atom stereocenters. The molecule has 0 saturated carbocycles. The fourth-order valence-corrected chi connectivity index (χ4v) is 4.06. The van der Waals surface area contributed by atoms with E-state index < -0.39 is 0 Å². The number of likely N-dealkylation sites (tertiary alicyclic amines) is 1. The SMILES string of the molecule is CC1(c2noc(COc3ccccc3)n2)CCCN(C(=O)c2cccs2)C1. The summed E-state index contributed by atoms with van der Waals surface area (Å²) < 4.78 is 11.1. The van der Waals surface area contributed by atoms with Crippen LogP contribution >= 0.6 is 11.3 Å². The second-order valence-corrected chi connectivity index (χ2v) is 7.93. The number of hydrogen-bond donors (Lipinski definition) is 0. The van der Waals surface area contributed by atoms with E-state index in [0.717, 1.165) is 30.0 Å². The van der Waals surface area contributed by atoms with Crippen LogP contribution in [0.25, 0.3) is 0 Å². The van der Waals surface area contributed by atoms with Crippen LogP contribution in [0.1, 0.15) is 41.2 Å². The molecule has 4 rings (SSSR count). The second-order valence-electron chi connectivity index (χ2n) is 6.98. The van der Waals surface area contributed by atoms with Crippen LogP contribution in [0, 0.1) is 0 Å². The Hall–Kier alpha value is -2.67. The minimum absolute atomic E-state index is 0.0760. The zero-order valence-electron chi connectivity index (χ0n) is 15.1. The van der Waals surface area contributed by atoms with Crippen molar-refractivity contribution in [1.82, 2.24) is 15.0 Å². The van der Waals surface area contributed by atoms with E-state index in [0.29, 0.717) is 18.3 Å². The lowest BCUT2D eigenvalue weighted by atomic mass is 9.81. The van der Waals surface area contributed by atoms with Gasteiger partial charge in [0.2, 0.25) is 0 Å². The van der Waals surface area contributed by atoms with Crippen LogP contribution in [0.2, 0.25) is 0 Å². The number of hydrogen-bond acceptors (Lipinski definition) is 6. The normalized spacial score (nSPS) is 19.8. The second kappa shape index (κ2) is 7.52. The first-order chi connectivity index (χ1) is 13.1. The molecular formula is C20H21N3O3S. The van der Waals surface area contributed by atoms with Crippen LogP contribution in [-0.2, 0) is 12.0 Å². The molecule has 6 nitrogen and oxygen atoms in total. The average molecular weight is 383 g/mol. The summed E-state index contributed by atoms with van der Waals surface area (Å²) in [5.41, 5.74) is -0.320. The molecule has 1 saturated heterocycles. The van der Waals surface area contributed by atoms with E-state index >= 15 is 0 Å². The van der Waals surface area contributed by atoms with Crippen molar-refractivity contribution in [2.75, 3.05) is 13.1 Å². The predicted molar refractivity (Wildman–Crippen MR) is 102 cm³/mol. The fraction of sp³-hybridized carbons (Fsp3) is 0.350. The van der Waals surface area contributed by atoms with Crippen molar-refractivity contribution < 1.29 is 14.1 Å². The number of rotatable bonds is 5. The van der Waals surface area contributed by atoms with Crippen molar-refractivity contribution in [3.8, 4) is 5.75 Å². The van der Waals surface area contributed by atoms with E-state index in [1.807, 2.05) is 52.7 Å². The fourth-order valence-electron chi connectivity index (χ4n) is 3.37. The number of carbonyl (C=O) groups is 1. The Labute approximate surface area is 161 Å². The van der Waals surface area contributed by atoms with Gasteiger partial charge in [0.15, 0.2) is 12.4 Å². The number of amides is 1. The van der Waals surface area contributed by atoms with Gasteiger partial charge >= 0.3 is 0 Å². The van der Waals surface area contributed by atoms with Gasteiger partial charge in [0.1, 0.15) is 5.75 Å². The summed E-state index contributed by atoms with van der Waals surface area (Å²) in [6, 6.07) is 13.3. The molecule has 0 bridgehead atoms. The van der Waals surface area contributed by atoms with E-state index in [-0.39, 0.29) is 17.9 Å². The zero-order chi connectivity index (χ0) is 18.7. The largest absolute Gasteiger partial charge is 0.484 e. The third kappa shape index (κ3) is 3.88. The summed E-state index contributed by atoms with van der Waals surface area (Å²) in [7, 11) is 0. The van der Waals surface area contributed by atoms with E-state index in [1.165, 1.54) is 11.3 Å². The Morgan fingerprint density at radius 3 is 2.93 bits per heavy atom. The summed E-state index contributed by atoms with van der Waals surface area (Å²) in [5.74, 6) is 1.91. The summed E-state index contributed by atoms with van der Waals surface area (Å²) in [5, 5.41) is 6.10. The van der Waals surface area contributed by atoms with Gasteiger partial charge in [-0.2, -0.15) is 4.98 Å². The molecular weight excluding hydrogens is 362 g/mol.